The lowest BCUT2D eigenvalue weighted by Crippen LogP contribution is -2.25. The highest BCUT2D eigenvalue weighted by Crippen LogP contribution is 2.21. The van der Waals surface area contributed by atoms with Crippen molar-refractivity contribution in [3.63, 3.8) is 0 Å². The van der Waals surface area contributed by atoms with Gasteiger partial charge in [-0.1, -0.05) is 18.2 Å². The van der Waals surface area contributed by atoms with Crippen LogP contribution in [-0.2, 0) is 10.8 Å². The summed E-state index contributed by atoms with van der Waals surface area (Å²) in [6.45, 7) is 1.89. The van der Waals surface area contributed by atoms with Crippen molar-refractivity contribution in [2.45, 2.75) is 24.0 Å². The molecule has 0 saturated carbocycles. The first-order valence-electron chi connectivity index (χ1n) is 7.19. The van der Waals surface area contributed by atoms with Gasteiger partial charge >= 0.3 is 0 Å². The standard InChI is InChI=1S/C17H19F2NO2S/c1-11(12-6-8-13(9-7-12)23(2)22)20-10-16(21)17-14(18)4-3-5-15(17)19/h3-9,11,16,20-21H,10H2,1-2H3/t11-,16+,23+/m0/s1. The van der Waals surface area contributed by atoms with Crippen molar-refractivity contribution in [2.75, 3.05) is 12.8 Å². The molecule has 3 atom stereocenters. The van der Waals surface area contributed by atoms with Gasteiger partial charge in [0.15, 0.2) is 0 Å². The van der Waals surface area contributed by atoms with E-state index in [9.17, 15) is 18.1 Å². The summed E-state index contributed by atoms with van der Waals surface area (Å²) < 4.78 is 38.6. The molecule has 0 aliphatic carbocycles. The van der Waals surface area contributed by atoms with E-state index in [-0.39, 0.29) is 18.2 Å². The van der Waals surface area contributed by atoms with Gasteiger partial charge in [-0.15, -0.1) is 0 Å². The van der Waals surface area contributed by atoms with E-state index in [2.05, 4.69) is 5.32 Å². The highest BCUT2D eigenvalue weighted by molar-refractivity contribution is 7.84. The highest BCUT2D eigenvalue weighted by Gasteiger charge is 2.18. The van der Waals surface area contributed by atoms with Gasteiger partial charge in [0.25, 0.3) is 0 Å². The number of halogens is 2. The van der Waals surface area contributed by atoms with E-state index in [0.717, 1.165) is 22.6 Å². The number of aliphatic hydroxyl groups excluding tert-OH is 1. The van der Waals surface area contributed by atoms with Crippen LogP contribution in [-0.4, -0.2) is 22.1 Å². The summed E-state index contributed by atoms with van der Waals surface area (Å²) in [7, 11) is -1.04. The van der Waals surface area contributed by atoms with Crippen LogP contribution in [0.3, 0.4) is 0 Å². The van der Waals surface area contributed by atoms with Gasteiger partial charge in [0.2, 0.25) is 0 Å². The van der Waals surface area contributed by atoms with Crippen molar-refractivity contribution < 1.29 is 18.1 Å². The fourth-order valence-corrected chi connectivity index (χ4v) is 2.80. The van der Waals surface area contributed by atoms with Crippen LogP contribution in [0.15, 0.2) is 47.4 Å². The lowest BCUT2D eigenvalue weighted by Gasteiger charge is -2.18. The summed E-state index contributed by atoms with van der Waals surface area (Å²) in [5, 5.41) is 13.1. The van der Waals surface area contributed by atoms with Crippen LogP contribution in [0.5, 0.6) is 0 Å². The molecule has 0 radical (unpaired) electrons. The first kappa shape index (κ1) is 17.7. The van der Waals surface area contributed by atoms with E-state index in [4.69, 9.17) is 0 Å². The minimum absolute atomic E-state index is 0.0144. The Bertz CT molecular complexity index is 671. The van der Waals surface area contributed by atoms with Gasteiger partial charge < -0.3 is 10.4 Å². The van der Waals surface area contributed by atoms with Gasteiger partial charge in [-0.2, -0.15) is 0 Å². The quantitative estimate of drug-likeness (QED) is 0.850. The van der Waals surface area contributed by atoms with Crippen LogP contribution in [0.2, 0.25) is 0 Å². The Morgan fingerprint density at radius 1 is 1.13 bits per heavy atom. The van der Waals surface area contributed by atoms with Gasteiger partial charge in [0, 0.05) is 34.5 Å². The van der Waals surface area contributed by atoms with Crippen LogP contribution < -0.4 is 5.32 Å². The SMILES string of the molecule is C[C@H](NC[C@@H](O)c1c(F)cccc1F)c1ccc([S@@](C)=O)cc1. The first-order valence-corrected chi connectivity index (χ1v) is 8.74. The highest BCUT2D eigenvalue weighted by atomic mass is 32.2. The second-order valence-electron chi connectivity index (χ2n) is 5.30. The van der Waals surface area contributed by atoms with Crippen LogP contribution in [0.1, 0.15) is 30.2 Å². The molecular formula is C17H19F2NO2S. The maximum absolute atomic E-state index is 13.6. The normalized spacial score (nSPS) is 15.2. The zero-order chi connectivity index (χ0) is 17.0. The lowest BCUT2D eigenvalue weighted by atomic mass is 10.1. The van der Waals surface area contributed by atoms with E-state index in [1.165, 1.54) is 6.07 Å². The Morgan fingerprint density at radius 3 is 2.22 bits per heavy atom. The maximum atomic E-state index is 13.6. The Labute approximate surface area is 136 Å². The fraction of sp³-hybridized carbons (Fsp3) is 0.294. The van der Waals surface area contributed by atoms with Crippen molar-refractivity contribution in [1.82, 2.24) is 5.32 Å². The van der Waals surface area contributed by atoms with E-state index in [1.54, 1.807) is 18.4 Å². The Hall–Kier alpha value is -1.63. The number of nitrogens with one attached hydrogen (secondary N) is 1. The number of benzene rings is 2. The smallest absolute Gasteiger partial charge is 0.131 e. The first-order chi connectivity index (χ1) is 10.9. The predicted octanol–water partition coefficient (Wildman–Crippen LogP) is 3.09. The summed E-state index contributed by atoms with van der Waals surface area (Å²) >= 11 is 0. The van der Waals surface area contributed by atoms with Crippen LogP contribution in [0.4, 0.5) is 8.78 Å². The molecule has 0 unspecified atom stereocenters. The Morgan fingerprint density at radius 2 is 1.70 bits per heavy atom. The van der Waals surface area contributed by atoms with E-state index in [0.29, 0.717) is 0 Å². The topological polar surface area (TPSA) is 49.3 Å². The predicted molar refractivity (Wildman–Crippen MR) is 86.5 cm³/mol. The average Bonchev–Trinajstić information content (AvgIpc) is 2.52. The van der Waals surface area contributed by atoms with Crippen LogP contribution in [0.25, 0.3) is 0 Å². The summed E-state index contributed by atoms with van der Waals surface area (Å²) in [6, 6.07) is 10.6. The number of hydrogen-bond acceptors (Lipinski definition) is 3. The van der Waals surface area contributed by atoms with Gasteiger partial charge in [-0.25, -0.2) is 8.78 Å². The fourth-order valence-electron chi connectivity index (χ4n) is 2.29. The molecule has 0 heterocycles. The van der Waals surface area contributed by atoms with Crippen molar-refractivity contribution in [2.24, 2.45) is 0 Å². The van der Waals surface area contributed by atoms with Gasteiger partial charge in [0.05, 0.1) is 11.7 Å². The third kappa shape index (κ3) is 4.43. The van der Waals surface area contributed by atoms with Gasteiger partial charge in [0.1, 0.15) is 11.6 Å². The van der Waals surface area contributed by atoms with E-state index in [1.807, 2.05) is 19.1 Å². The molecule has 0 saturated heterocycles. The summed E-state index contributed by atoms with van der Waals surface area (Å²) in [4.78, 5) is 0.731. The largest absolute Gasteiger partial charge is 0.387 e. The van der Waals surface area contributed by atoms with Crippen molar-refractivity contribution in [3.8, 4) is 0 Å². The van der Waals surface area contributed by atoms with Crippen LogP contribution in [0, 0.1) is 11.6 Å². The second-order valence-corrected chi connectivity index (χ2v) is 6.68. The minimum Gasteiger partial charge on any atom is -0.387 e. The van der Waals surface area contributed by atoms with E-state index < -0.39 is 28.5 Å². The Kier molecular flexibility index (Phi) is 5.98. The molecule has 2 rings (SSSR count). The monoisotopic (exact) mass is 339 g/mol. The molecule has 0 aliphatic heterocycles. The molecule has 0 fully saturated rings. The molecule has 2 aromatic carbocycles. The van der Waals surface area contributed by atoms with Gasteiger partial charge in [-0.3, -0.25) is 4.21 Å². The molecule has 2 aromatic rings. The minimum atomic E-state index is -1.28. The van der Waals surface area contributed by atoms with E-state index >= 15 is 0 Å². The molecule has 0 spiro atoms. The average molecular weight is 339 g/mol. The third-order valence-corrected chi connectivity index (χ3v) is 4.60. The molecule has 23 heavy (non-hydrogen) atoms. The molecule has 2 N–H and O–H groups in total. The number of aliphatic hydroxyl groups is 1. The Balaban J connectivity index is 2.01. The summed E-state index contributed by atoms with van der Waals surface area (Å²) in [5.41, 5.74) is 0.601. The molecule has 0 aromatic heterocycles. The van der Waals surface area contributed by atoms with Crippen LogP contribution >= 0.6 is 0 Å². The number of rotatable bonds is 6. The molecule has 0 aliphatic rings. The summed E-state index contributed by atoms with van der Waals surface area (Å²) in [5.74, 6) is -1.52. The maximum Gasteiger partial charge on any atom is 0.131 e. The molecule has 6 heteroatoms. The molecule has 3 nitrogen and oxygen atoms in total. The molecule has 0 bridgehead atoms. The second kappa shape index (κ2) is 7.77. The zero-order valence-electron chi connectivity index (χ0n) is 12.9. The van der Waals surface area contributed by atoms with Gasteiger partial charge in [-0.05, 0) is 36.8 Å². The molecular weight excluding hydrogens is 320 g/mol. The van der Waals surface area contributed by atoms with Crippen molar-refractivity contribution in [3.05, 3.63) is 65.2 Å². The zero-order valence-corrected chi connectivity index (χ0v) is 13.7. The molecule has 124 valence electrons. The lowest BCUT2D eigenvalue weighted by molar-refractivity contribution is 0.161. The van der Waals surface area contributed by atoms with Crippen molar-refractivity contribution in [1.29, 1.82) is 0 Å². The number of hydrogen-bond donors (Lipinski definition) is 2. The summed E-state index contributed by atoms with van der Waals surface area (Å²) in [6.07, 6.45) is 0.330. The molecule has 0 amide bonds. The third-order valence-electron chi connectivity index (χ3n) is 3.66. The van der Waals surface area contributed by atoms with Crippen molar-refractivity contribution >= 4 is 10.8 Å².